The third-order valence-electron chi connectivity index (χ3n) is 3.71. The summed E-state index contributed by atoms with van der Waals surface area (Å²) in [5, 5.41) is 0.538. The Balaban J connectivity index is 2.17. The van der Waals surface area contributed by atoms with Crippen LogP contribution in [0.3, 0.4) is 0 Å². The molecule has 0 aliphatic carbocycles. The van der Waals surface area contributed by atoms with Gasteiger partial charge in [0.25, 0.3) is 5.91 Å². The average Bonchev–Trinajstić information content (AvgIpc) is 2.93. The Hall–Kier alpha value is -0.380. The van der Waals surface area contributed by atoms with E-state index in [1.165, 1.54) is 0 Å². The van der Waals surface area contributed by atoms with Gasteiger partial charge in [-0.05, 0) is 50.1 Å². The molecule has 0 N–H and O–H groups in total. The fourth-order valence-electron chi connectivity index (χ4n) is 2.67. The van der Waals surface area contributed by atoms with Gasteiger partial charge in [0.15, 0.2) is 0 Å². The third kappa shape index (κ3) is 3.63. The quantitative estimate of drug-likeness (QED) is 0.576. The molecule has 1 fully saturated rings. The normalized spacial score (nSPS) is 18.6. The lowest BCUT2D eigenvalue weighted by Gasteiger charge is -2.25. The second-order valence-electron chi connectivity index (χ2n) is 4.97. The minimum Gasteiger partial charge on any atom is -0.336 e. The lowest BCUT2D eigenvalue weighted by molar-refractivity contribution is 0.0730. The Morgan fingerprint density at radius 2 is 2.30 bits per heavy atom. The third-order valence-corrected chi connectivity index (χ3v) is 5.04. The molecule has 1 atom stereocenters. The molecule has 1 aliphatic heterocycles. The SMILES string of the molecule is CSc1ccc(Cl)c(C(=O)N2CCCC2CCCCl)c1. The van der Waals surface area contributed by atoms with Gasteiger partial charge in [-0.3, -0.25) is 4.79 Å². The molecule has 0 radical (unpaired) electrons. The zero-order chi connectivity index (χ0) is 14.5. The summed E-state index contributed by atoms with van der Waals surface area (Å²) in [5.41, 5.74) is 0.622. The number of carbonyl (C=O) groups is 1. The van der Waals surface area contributed by atoms with Crippen molar-refractivity contribution in [2.45, 2.75) is 36.6 Å². The van der Waals surface area contributed by atoms with Gasteiger partial charge in [-0.2, -0.15) is 0 Å². The van der Waals surface area contributed by atoms with Crippen molar-refractivity contribution in [3.63, 3.8) is 0 Å². The van der Waals surface area contributed by atoms with Gasteiger partial charge in [-0.1, -0.05) is 11.6 Å². The van der Waals surface area contributed by atoms with Crippen molar-refractivity contribution in [3.8, 4) is 0 Å². The lowest BCUT2D eigenvalue weighted by atomic mass is 10.1. The maximum atomic E-state index is 12.7. The van der Waals surface area contributed by atoms with Gasteiger partial charge in [0.05, 0.1) is 10.6 Å². The van der Waals surface area contributed by atoms with Crippen LogP contribution in [0.4, 0.5) is 0 Å². The van der Waals surface area contributed by atoms with E-state index in [1.54, 1.807) is 11.8 Å². The predicted octanol–water partition coefficient (Wildman–Crippen LogP) is 4.69. The van der Waals surface area contributed by atoms with E-state index in [1.807, 2.05) is 29.4 Å². The summed E-state index contributed by atoms with van der Waals surface area (Å²) >= 11 is 13.6. The molecule has 0 saturated carbocycles. The number of amides is 1. The summed E-state index contributed by atoms with van der Waals surface area (Å²) in [6.45, 7) is 0.825. The minimum atomic E-state index is 0.0583. The van der Waals surface area contributed by atoms with Crippen LogP contribution in [0.5, 0.6) is 0 Å². The lowest BCUT2D eigenvalue weighted by Crippen LogP contribution is -2.35. The number of hydrogen-bond donors (Lipinski definition) is 0. The molecule has 1 aromatic carbocycles. The van der Waals surface area contributed by atoms with Crippen molar-refractivity contribution in [2.75, 3.05) is 18.7 Å². The molecule has 1 unspecified atom stereocenters. The van der Waals surface area contributed by atoms with Gasteiger partial charge in [0, 0.05) is 23.4 Å². The van der Waals surface area contributed by atoms with Crippen molar-refractivity contribution in [2.24, 2.45) is 0 Å². The summed E-state index contributed by atoms with van der Waals surface area (Å²) in [6.07, 6.45) is 6.07. The first-order valence-electron chi connectivity index (χ1n) is 6.88. The first-order chi connectivity index (χ1) is 9.67. The number of carbonyl (C=O) groups excluding carboxylic acids is 1. The fraction of sp³-hybridized carbons (Fsp3) is 0.533. The summed E-state index contributed by atoms with van der Waals surface area (Å²) < 4.78 is 0. The Morgan fingerprint density at radius 1 is 1.50 bits per heavy atom. The number of thioether (sulfide) groups is 1. The molecular weight excluding hydrogens is 313 g/mol. The second-order valence-corrected chi connectivity index (χ2v) is 6.64. The van der Waals surface area contributed by atoms with Crippen LogP contribution in [-0.2, 0) is 0 Å². The molecular formula is C15H19Cl2NOS. The van der Waals surface area contributed by atoms with E-state index in [4.69, 9.17) is 23.2 Å². The van der Waals surface area contributed by atoms with Gasteiger partial charge < -0.3 is 4.90 Å². The molecule has 2 nitrogen and oxygen atoms in total. The molecule has 20 heavy (non-hydrogen) atoms. The largest absolute Gasteiger partial charge is 0.336 e. The van der Waals surface area contributed by atoms with Crippen molar-refractivity contribution in [1.29, 1.82) is 0 Å². The fourth-order valence-corrected chi connectivity index (χ4v) is 3.46. The van der Waals surface area contributed by atoms with Gasteiger partial charge in [0.1, 0.15) is 0 Å². The molecule has 110 valence electrons. The predicted molar refractivity (Wildman–Crippen MR) is 87.2 cm³/mol. The van der Waals surface area contributed by atoms with Crippen LogP contribution in [-0.4, -0.2) is 35.5 Å². The minimum absolute atomic E-state index is 0.0583. The number of likely N-dealkylation sites (tertiary alicyclic amines) is 1. The first kappa shape index (κ1) is 16.0. The maximum absolute atomic E-state index is 12.7. The summed E-state index contributed by atoms with van der Waals surface area (Å²) in [6, 6.07) is 5.96. The zero-order valence-corrected chi connectivity index (χ0v) is 13.9. The van der Waals surface area contributed by atoms with Gasteiger partial charge >= 0.3 is 0 Å². The van der Waals surface area contributed by atoms with E-state index in [0.717, 1.165) is 37.1 Å². The van der Waals surface area contributed by atoms with Gasteiger partial charge in [-0.15, -0.1) is 23.4 Å². The Labute approximate surface area is 134 Å². The van der Waals surface area contributed by atoms with Crippen molar-refractivity contribution in [1.82, 2.24) is 4.90 Å². The van der Waals surface area contributed by atoms with Crippen LogP contribution >= 0.6 is 35.0 Å². The number of benzene rings is 1. The van der Waals surface area contributed by atoms with E-state index in [-0.39, 0.29) is 5.91 Å². The maximum Gasteiger partial charge on any atom is 0.255 e. The average molecular weight is 332 g/mol. The Morgan fingerprint density at radius 3 is 3.00 bits per heavy atom. The van der Waals surface area contributed by atoms with E-state index < -0.39 is 0 Å². The Kier molecular flexibility index (Phi) is 6.06. The van der Waals surface area contributed by atoms with Crippen LogP contribution in [0.25, 0.3) is 0 Å². The molecule has 5 heteroatoms. The highest BCUT2D eigenvalue weighted by Gasteiger charge is 2.29. The molecule has 1 saturated heterocycles. The molecule has 1 heterocycles. The summed E-state index contributed by atoms with van der Waals surface area (Å²) in [5.74, 6) is 0.712. The molecule has 1 aliphatic rings. The molecule has 0 bridgehead atoms. The first-order valence-corrected chi connectivity index (χ1v) is 9.01. The highest BCUT2D eigenvalue weighted by Crippen LogP contribution is 2.28. The number of nitrogens with zero attached hydrogens (tertiary/aromatic N) is 1. The van der Waals surface area contributed by atoms with Crippen LogP contribution in [0.1, 0.15) is 36.0 Å². The standard InChI is InChI=1S/C15H19Cl2NOS/c1-20-12-6-7-14(17)13(10-12)15(19)18-9-3-5-11(18)4-2-8-16/h6-7,10-11H,2-5,8-9H2,1H3. The Bertz CT molecular complexity index is 481. The number of hydrogen-bond acceptors (Lipinski definition) is 2. The van der Waals surface area contributed by atoms with Crippen LogP contribution in [0.15, 0.2) is 23.1 Å². The van der Waals surface area contributed by atoms with Crippen LogP contribution in [0, 0.1) is 0 Å². The number of alkyl halides is 1. The van der Waals surface area contributed by atoms with Crippen molar-refractivity contribution >= 4 is 40.9 Å². The second kappa shape index (κ2) is 7.58. The number of halogens is 2. The smallest absolute Gasteiger partial charge is 0.255 e. The zero-order valence-electron chi connectivity index (χ0n) is 11.6. The molecule has 0 aromatic heterocycles. The summed E-state index contributed by atoms with van der Waals surface area (Å²) in [4.78, 5) is 15.7. The van der Waals surface area contributed by atoms with Crippen LogP contribution < -0.4 is 0 Å². The van der Waals surface area contributed by atoms with E-state index >= 15 is 0 Å². The van der Waals surface area contributed by atoms with Crippen molar-refractivity contribution < 1.29 is 4.79 Å². The number of rotatable bonds is 5. The highest BCUT2D eigenvalue weighted by molar-refractivity contribution is 7.98. The summed E-state index contributed by atoms with van der Waals surface area (Å²) in [7, 11) is 0. The van der Waals surface area contributed by atoms with Gasteiger partial charge in [0.2, 0.25) is 0 Å². The molecule has 1 aromatic rings. The van der Waals surface area contributed by atoms with E-state index in [2.05, 4.69) is 0 Å². The highest BCUT2D eigenvalue weighted by atomic mass is 35.5. The van der Waals surface area contributed by atoms with Gasteiger partial charge in [-0.25, -0.2) is 0 Å². The topological polar surface area (TPSA) is 20.3 Å². The van der Waals surface area contributed by atoms with Crippen molar-refractivity contribution in [3.05, 3.63) is 28.8 Å². The van der Waals surface area contributed by atoms with E-state index in [0.29, 0.717) is 22.5 Å². The monoisotopic (exact) mass is 331 g/mol. The molecule has 0 spiro atoms. The van der Waals surface area contributed by atoms with Crippen LogP contribution in [0.2, 0.25) is 5.02 Å². The molecule has 2 rings (SSSR count). The molecule has 1 amide bonds. The van der Waals surface area contributed by atoms with E-state index in [9.17, 15) is 4.79 Å².